The molecule has 0 aromatic heterocycles. The van der Waals surface area contributed by atoms with Gasteiger partial charge in [-0.05, 0) is 49.2 Å². The summed E-state index contributed by atoms with van der Waals surface area (Å²) in [5, 5.41) is -0.00670. The minimum Gasteiger partial charge on any atom is -0.338 e. The van der Waals surface area contributed by atoms with E-state index in [-0.39, 0.29) is 23.3 Å². The Morgan fingerprint density at radius 2 is 1.89 bits per heavy atom. The smallest absolute Gasteiger partial charge is 0.253 e. The van der Waals surface area contributed by atoms with E-state index in [1.807, 2.05) is 4.90 Å². The summed E-state index contributed by atoms with van der Waals surface area (Å²) in [6.45, 7) is 4.60. The van der Waals surface area contributed by atoms with Crippen LogP contribution in [0, 0.1) is 24.6 Å². The maximum atomic E-state index is 13.4. The van der Waals surface area contributed by atoms with Gasteiger partial charge < -0.3 is 4.90 Å². The zero-order valence-corrected chi connectivity index (χ0v) is 16.9. The van der Waals surface area contributed by atoms with Crippen molar-refractivity contribution in [2.45, 2.75) is 13.0 Å². The lowest BCUT2D eigenvalue weighted by Crippen LogP contribution is -2.33. The number of carbonyl (C=O) groups is 1. The highest BCUT2D eigenvalue weighted by Crippen LogP contribution is 2.45. The quantitative estimate of drug-likeness (QED) is 0.725. The largest absolute Gasteiger partial charge is 0.338 e. The van der Waals surface area contributed by atoms with Crippen molar-refractivity contribution in [2.75, 3.05) is 26.7 Å². The fourth-order valence-electron chi connectivity index (χ4n) is 4.62. The number of fused-ring (bicyclic) bond motifs is 1. The second-order valence-electron chi connectivity index (χ2n) is 7.50. The predicted octanol–water partition coefficient (Wildman–Crippen LogP) is 4.58. The molecule has 0 bridgehead atoms. The minimum absolute atomic E-state index is 0. The maximum absolute atomic E-state index is 13.4. The molecule has 2 fully saturated rings. The molecule has 2 saturated heterocycles. The van der Waals surface area contributed by atoms with Gasteiger partial charge >= 0.3 is 0 Å². The highest BCUT2D eigenvalue weighted by molar-refractivity contribution is 6.31. The number of rotatable bonds is 2. The zero-order valence-electron chi connectivity index (χ0n) is 15.4. The van der Waals surface area contributed by atoms with Crippen LogP contribution in [0.1, 0.15) is 27.5 Å². The molecule has 0 N–H and O–H groups in total. The van der Waals surface area contributed by atoms with E-state index < -0.39 is 5.82 Å². The molecule has 3 nitrogen and oxygen atoms in total. The van der Waals surface area contributed by atoms with Crippen LogP contribution in [0.25, 0.3) is 0 Å². The van der Waals surface area contributed by atoms with E-state index in [1.54, 1.807) is 0 Å². The second kappa shape index (κ2) is 7.78. The molecule has 0 aliphatic carbocycles. The van der Waals surface area contributed by atoms with Crippen molar-refractivity contribution in [3.8, 4) is 0 Å². The molecule has 0 unspecified atom stereocenters. The molecule has 2 aliphatic heterocycles. The molecule has 0 radical (unpaired) electrons. The van der Waals surface area contributed by atoms with Crippen molar-refractivity contribution in [3.05, 3.63) is 70.0 Å². The number of carbonyl (C=O) groups excluding carboxylic acids is 1. The summed E-state index contributed by atoms with van der Waals surface area (Å²) in [5.74, 6) is 0.320. The zero-order chi connectivity index (χ0) is 18.4. The molecule has 27 heavy (non-hydrogen) atoms. The van der Waals surface area contributed by atoms with Gasteiger partial charge in [0.25, 0.3) is 5.91 Å². The van der Waals surface area contributed by atoms with Crippen LogP contribution in [0.3, 0.4) is 0 Å². The number of hydrogen-bond acceptors (Lipinski definition) is 2. The first-order valence-electron chi connectivity index (χ1n) is 8.96. The van der Waals surface area contributed by atoms with Gasteiger partial charge in [0.1, 0.15) is 5.82 Å². The number of amides is 1. The summed E-state index contributed by atoms with van der Waals surface area (Å²) in [7, 11) is 2.17. The molecule has 4 rings (SSSR count). The van der Waals surface area contributed by atoms with Crippen LogP contribution in [0.15, 0.2) is 42.5 Å². The van der Waals surface area contributed by atoms with Crippen molar-refractivity contribution in [1.82, 2.24) is 9.80 Å². The Kier molecular flexibility index (Phi) is 5.80. The normalized spacial score (nSPS) is 24.6. The molecule has 6 heteroatoms. The molecule has 2 aromatic carbocycles. The summed E-state index contributed by atoms with van der Waals surface area (Å²) in [5.41, 5.74) is 3.10. The maximum Gasteiger partial charge on any atom is 0.253 e. The molecule has 144 valence electrons. The van der Waals surface area contributed by atoms with Crippen LogP contribution in [-0.2, 0) is 0 Å². The van der Waals surface area contributed by atoms with E-state index in [0.717, 1.165) is 19.6 Å². The molecule has 3 atom stereocenters. The van der Waals surface area contributed by atoms with E-state index in [4.69, 9.17) is 11.6 Å². The SMILES string of the molecule is Cc1ccccc1[C@H]1[C@@H]2CN(C(=O)c3ccc(F)c(Cl)c3)C[C@@H]2CN1C.Cl. The first-order valence-corrected chi connectivity index (χ1v) is 9.33. The Labute approximate surface area is 170 Å². The molecule has 2 aliphatic rings. The van der Waals surface area contributed by atoms with Crippen LogP contribution < -0.4 is 0 Å². The molecule has 2 heterocycles. The highest BCUT2D eigenvalue weighted by atomic mass is 35.5. The minimum atomic E-state index is -0.497. The lowest BCUT2D eigenvalue weighted by Gasteiger charge is -2.28. The van der Waals surface area contributed by atoms with Gasteiger partial charge in [-0.15, -0.1) is 12.4 Å². The van der Waals surface area contributed by atoms with Crippen molar-refractivity contribution < 1.29 is 9.18 Å². The predicted molar refractivity (Wildman–Crippen MR) is 108 cm³/mol. The van der Waals surface area contributed by atoms with Gasteiger partial charge in [0.05, 0.1) is 5.02 Å². The number of benzene rings is 2. The Balaban J connectivity index is 0.00000210. The average molecular weight is 409 g/mol. The summed E-state index contributed by atoms with van der Waals surface area (Å²) >= 11 is 5.85. The molecule has 0 saturated carbocycles. The third-order valence-electron chi connectivity index (χ3n) is 5.86. The number of halogens is 3. The first-order chi connectivity index (χ1) is 12.5. The standard InChI is InChI=1S/C21H22ClFN2O.ClH/c1-13-5-3-4-6-16(13)20-17-12-25(11-15(17)10-24(20)2)21(26)14-7-8-19(23)18(22)9-14;/h3-9,15,17,20H,10-12H2,1-2H3;1H/t15-,17+,20-;/m0./s1. The van der Waals surface area contributed by atoms with Crippen LogP contribution in [0.4, 0.5) is 4.39 Å². The first kappa shape index (κ1) is 20.1. The summed E-state index contributed by atoms with van der Waals surface area (Å²) in [6, 6.07) is 13.0. The lowest BCUT2D eigenvalue weighted by molar-refractivity contribution is 0.0768. The van der Waals surface area contributed by atoms with E-state index in [2.05, 4.69) is 43.1 Å². The Bertz CT molecular complexity index is 860. The van der Waals surface area contributed by atoms with E-state index in [0.29, 0.717) is 23.4 Å². The van der Waals surface area contributed by atoms with E-state index in [1.165, 1.54) is 29.3 Å². The summed E-state index contributed by atoms with van der Waals surface area (Å²) in [4.78, 5) is 17.2. The van der Waals surface area contributed by atoms with Gasteiger partial charge in [0.2, 0.25) is 0 Å². The third kappa shape index (κ3) is 3.58. The second-order valence-corrected chi connectivity index (χ2v) is 7.91. The number of aryl methyl sites for hydroxylation is 1. The van der Waals surface area contributed by atoms with Crippen LogP contribution in [0.5, 0.6) is 0 Å². The topological polar surface area (TPSA) is 23.6 Å². The monoisotopic (exact) mass is 408 g/mol. The molecular formula is C21H23Cl2FN2O. The van der Waals surface area contributed by atoms with Gasteiger partial charge in [-0.2, -0.15) is 0 Å². The highest BCUT2D eigenvalue weighted by Gasteiger charge is 2.47. The van der Waals surface area contributed by atoms with Crippen molar-refractivity contribution in [2.24, 2.45) is 11.8 Å². The lowest BCUT2D eigenvalue weighted by atomic mass is 9.88. The molecule has 2 aromatic rings. The van der Waals surface area contributed by atoms with Crippen LogP contribution in [0.2, 0.25) is 5.02 Å². The Morgan fingerprint density at radius 1 is 1.15 bits per heavy atom. The van der Waals surface area contributed by atoms with Crippen molar-refractivity contribution in [3.63, 3.8) is 0 Å². The number of nitrogens with zero attached hydrogens (tertiary/aromatic N) is 2. The summed E-state index contributed by atoms with van der Waals surface area (Å²) in [6.07, 6.45) is 0. The fraction of sp³-hybridized carbons (Fsp3) is 0.381. The third-order valence-corrected chi connectivity index (χ3v) is 6.15. The van der Waals surface area contributed by atoms with E-state index >= 15 is 0 Å². The van der Waals surface area contributed by atoms with Gasteiger partial charge in [0.15, 0.2) is 0 Å². The summed E-state index contributed by atoms with van der Waals surface area (Å²) < 4.78 is 13.4. The van der Waals surface area contributed by atoms with E-state index in [9.17, 15) is 9.18 Å². The average Bonchev–Trinajstić information content (AvgIpc) is 3.14. The number of likely N-dealkylation sites (tertiary alicyclic amines) is 2. The van der Waals surface area contributed by atoms with Crippen molar-refractivity contribution in [1.29, 1.82) is 0 Å². The number of hydrogen-bond donors (Lipinski definition) is 0. The van der Waals surface area contributed by atoms with Gasteiger partial charge in [-0.3, -0.25) is 9.69 Å². The van der Waals surface area contributed by atoms with Crippen LogP contribution in [-0.4, -0.2) is 42.4 Å². The Morgan fingerprint density at radius 3 is 2.59 bits per heavy atom. The molecule has 0 spiro atoms. The van der Waals surface area contributed by atoms with Gasteiger partial charge in [0, 0.05) is 37.2 Å². The molecule has 1 amide bonds. The van der Waals surface area contributed by atoms with Crippen LogP contribution >= 0.6 is 24.0 Å². The van der Waals surface area contributed by atoms with Crippen molar-refractivity contribution >= 4 is 29.9 Å². The fourth-order valence-corrected chi connectivity index (χ4v) is 4.80. The molecular weight excluding hydrogens is 386 g/mol. The van der Waals surface area contributed by atoms with Gasteiger partial charge in [-0.1, -0.05) is 35.9 Å². The van der Waals surface area contributed by atoms with Gasteiger partial charge in [-0.25, -0.2) is 4.39 Å². The Hall–Kier alpha value is -1.62.